The number of benzene rings is 1. The quantitative estimate of drug-likeness (QED) is 0.840. The summed E-state index contributed by atoms with van der Waals surface area (Å²) in [5, 5.41) is 2.85. The van der Waals surface area contributed by atoms with E-state index < -0.39 is 0 Å². The van der Waals surface area contributed by atoms with Gasteiger partial charge in [-0.2, -0.15) is 0 Å². The first-order valence-corrected chi connectivity index (χ1v) is 4.98. The Hall–Kier alpha value is -1.97. The fourth-order valence-electron chi connectivity index (χ4n) is 1.53. The molecule has 0 saturated heterocycles. The minimum absolute atomic E-state index is 0.258. The topological polar surface area (TPSA) is 37.8 Å². The average Bonchev–Trinajstić information content (AvgIpc) is 2.30. The van der Waals surface area contributed by atoms with Crippen molar-refractivity contribution >= 4 is 5.95 Å². The Kier molecular flexibility index (Phi) is 2.81. The summed E-state index contributed by atoms with van der Waals surface area (Å²) in [5.74, 6) is 0.281. The van der Waals surface area contributed by atoms with E-state index in [1.54, 1.807) is 31.4 Å². The molecule has 1 heterocycles. The van der Waals surface area contributed by atoms with Gasteiger partial charge in [0.05, 0.1) is 5.69 Å². The molecule has 4 heteroatoms. The third-order valence-electron chi connectivity index (χ3n) is 2.37. The second kappa shape index (κ2) is 4.26. The summed E-state index contributed by atoms with van der Waals surface area (Å²) in [7, 11) is 1.75. The molecule has 0 atom stereocenters. The third kappa shape index (κ3) is 1.86. The lowest BCUT2D eigenvalue weighted by atomic mass is 10.1. The first-order chi connectivity index (χ1) is 7.72. The molecule has 82 valence electrons. The molecule has 0 bridgehead atoms. The molecule has 0 radical (unpaired) electrons. The summed E-state index contributed by atoms with van der Waals surface area (Å²) < 4.78 is 13.6. The lowest BCUT2D eigenvalue weighted by Crippen LogP contribution is -1.99. The molecule has 0 amide bonds. The van der Waals surface area contributed by atoms with Crippen LogP contribution in [-0.2, 0) is 0 Å². The van der Waals surface area contributed by atoms with Gasteiger partial charge in [0.2, 0.25) is 5.95 Å². The normalized spacial score (nSPS) is 10.2. The van der Waals surface area contributed by atoms with Crippen LogP contribution in [0.15, 0.2) is 30.5 Å². The number of aromatic nitrogens is 2. The van der Waals surface area contributed by atoms with Gasteiger partial charge in [0.25, 0.3) is 0 Å². The van der Waals surface area contributed by atoms with Crippen molar-refractivity contribution < 1.29 is 4.39 Å². The zero-order chi connectivity index (χ0) is 11.5. The summed E-state index contributed by atoms with van der Waals surface area (Å²) in [4.78, 5) is 8.31. The molecular weight excluding hydrogens is 205 g/mol. The van der Waals surface area contributed by atoms with E-state index in [1.165, 1.54) is 6.07 Å². The molecule has 0 aliphatic heterocycles. The molecule has 0 saturated carbocycles. The van der Waals surface area contributed by atoms with Crippen molar-refractivity contribution in [2.75, 3.05) is 12.4 Å². The smallest absolute Gasteiger partial charge is 0.222 e. The van der Waals surface area contributed by atoms with E-state index >= 15 is 0 Å². The lowest BCUT2D eigenvalue weighted by molar-refractivity contribution is 0.631. The highest BCUT2D eigenvalue weighted by Gasteiger charge is 2.08. The number of aryl methyl sites for hydroxylation is 1. The minimum Gasteiger partial charge on any atom is -0.357 e. The van der Waals surface area contributed by atoms with Crippen LogP contribution in [0.3, 0.4) is 0 Å². The average molecular weight is 217 g/mol. The van der Waals surface area contributed by atoms with Crippen molar-refractivity contribution in [3.05, 3.63) is 42.0 Å². The second-order valence-corrected chi connectivity index (χ2v) is 3.42. The number of rotatable bonds is 2. The maximum absolute atomic E-state index is 13.6. The standard InChI is InChI=1S/C12H12FN3/c1-8-10(7-15-12(14-2)16-8)9-5-3-4-6-11(9)13/h3-7H,1-2H3,(H,14,15,16). The first kappa shape index (κ1) is 10.5. The summed E-state index contributed by atoms with van der Waals surface area (Å²) in [5.41, 5.74) is 2.00. The van der Waals surface area contributed by atoms with E-state index in [1.807, 2.05) is 6.92 Å². The largest absolute Gasteiger partial charge is 0.357 e. The zero-order valence-corrected chi connectivity index (χ0v) is 9.16. The van der Waals surface area contributed by atoms with Crippen LogP contribution in [0.2, 0.25) is 0 Å². The van der Waals surface area contributed by atoms with Crippen molar-refractivity contribution in [1.29, 1.82) is 0 Å². The summed E-state index contributed by atoms with van der Waals surface area (Å²) in [6, 6.07) is 6.61. The predicted octanol–water partition coefficient (Wildman–Crippen LogP) is 2.63. The van der Waals surface area contributed by atoms with Gasteiger partial charge in [-0.1, -0.05) is 18.2 Å². The lowest BCUT2D eigenvalue weighted by Gasteiger charge is -2.07. The van der Waals surface area contributed by atoms with Gasteiger partial charge in [-0.15, -0.1) is 0 Å². The molecule has 16 heavy (non-hydrogen) atoms. The van der Waals surface area contributed by atoms with Crippen LogP contribution >= 0.6 is 0 Å². The van der Waals surface area contributed by atoms with E-state index in [2.05, 4.69) is 15.3 Å². The Morgan fingerprint density at radius 2 is 1.94 bits per heavy atom. The van der Waals surface area contributed by atoms with Crippen molar-refractivity contribution in [3.8, 4) is 11.1 Å². The SMILES string of the molecule is CNc1ncc(-c2ccccc2F)c(C)n1. The molecule has 1 N–H and O–H groups in total. The van der Waals surface area contributed by atoms with Crippen molar-refractivity contribution in [2.45, 2.75) is 6.92 Å². The zero-order valence-electron chi connectivity index (χ0n) is 9.16. The molecule has 0 fully saturated rings. The van der Waals surface area contributed by atoms with Crippen LogP contribution in [0.4, 0.5) is 10.3 Å². The number of nitrogens with one attached hydrogen (secondary N) is 1. The molecule has 2 rings (SSSR count). The number of hydrogen-bond donors (Lipinski definition) is 1. The Labute approximate surface area is 93.4 Å². The van der Waals surface area contributed by atoms with Gasteiger partial charge in [0.1, 0.15) is 5.82 Å². The third-order valence-corrected chi connectivity index (χ3v) is 2.37. The number of anilines is 1. The molecule has 3 nitrogen and oxygen atoms in total. The van der Waals surface area contributed by atoms with Gasteiger partial charge in [0.15, 0.2) is 0 Å². The van der Waals surface area contributed by atoms with Crippen molar-refractivity contribution in [1.82, 2.24) is 9.97 Å². The number of nitrogens with zero attached hydrogens (tertiary/aromatic N) is 2. The van der Waals surface area contributed by atoms with Gasteiger partial charge >= 0.3 is 0 Å². The molecule has 0 spiro atoms. The van der Waals surface area contributed by atoms with Crippen LogP contribution in [0.5, 0.6) is 0 Å². The van der Waals surface area contributed by atoms with E-state index in [0.717, 1.165) is 11.3 Å². The molecule has 1 aromatic heterocycles. The summed E-state index contributed by atoms with van der Waals surface area (Å²) in [6.45, 7) is 1.84. The van der Waals surface area contributed by atoms with E-state index in [4.69, 9.17) is 0 Å². The Morgan fingerprint density at radius 3 is 2.56 bits per heavy atom. The van der Waals surface area contributed by atoms with Gasteiger partial charge in [0, 0.05) is 24.4 Å². The van der Waals surface area contributed by atoms with E-state index in [0.29, 0.717) is 11.5 Å². The number of halogens is 1. The van der Waals surface area contributed by atoms with E-state index in [-0.39, 0.29) is 5.82 Å². The second-order valence-electron chi connectivity index (χ2n) is 3.42. The molecular formula is C12H12FN3. The van der Waals surface area contributed by atoms with Gasteiger partial charge in [-0.25, -0.2) is 14.4 Å². The van der Waals surface area contributed by atoms with Crippen LogP contribution in [0, 0.1) is 12.7 Å². The van der Waals surface area contributed by atoms with Crippen molar-refractivity contribution in [2.24, 2.45) is 0 Å². The summed E-state index contributed by atoms with van der Waals surface area (Å²) >= 11 is 0. The van der Waals surface area contributed by atoms with Gasteiger partial charge < -0.3 is 5.32 Å². The van der Waals surface area contributed by atoms with Crippen LogP contribution in [0.1, 0.15) is 5.69 Å². The molecule has 0 aliphatic rings. The number of hydrogen-bond acceptors (Lipinski definition) is 3. The monoisotopic (exact) mass is 217 g/mol. The summed E-state index contributed by atoms with van der Waals surface area (Å²) in [6.07, 6.45) is 1.63. The van der Waals surface area contributed by atoms with Gasteiger partial charge in [-0.05, 0) is 13.0 Å². The fraction of sp³-hybridized carbons (Fsp3) is 0.167. The Balaban J connectivity index is 2.53. The van der Waals surface area contributed by atoms with Crippen LogP contribution in [0.25, 0.3) is 11.1 Å². The van der Waals surface area contributed by atoms with Crippen LogP contribution < -0.4 is 5.32 Å². The molecule has 0 unspecified atom stereocenters. The maximum atomic E-state index is 13.6. The molecule has 0 aliphatic carbocycles. The minimum atomic E-state index is -0.258. The first-order valence-electron chi connectivity index (χ1n) is 4.98. The highest BCUT2D eigenvalue weighted by molar-refractivity contribution is 5.65. The van der Waals surface area contributed by atoms with Crippen molar-refractivity contribution in [3.63, 3.8) is 0 Å². The Bertz CT molecular complexity index is 511. The predicted molar refractivity (Wildman–Crippen MR) is 61.7 cm³/mol. The van der Waals surface area contributed by atoms with Crippen LogP contribution in [-0.4, -0.2) is 17.0 Å². The van der Waals surface area contributed by atoms with E-state index in [9.17, 15) is 4.39 Å². The highest BCUT2D eigenvalue weighted by Crippen LogP contribution is 2.24. The Morgan fingerprint density at radius 1 is 1.19 bits per heavy atom. The maximum Gasteiger partial charge on any atom is 0.222 e. The highest BCUT2D eigenvalue weighted by atomic mass is 19.1. The van der Waals surface area contributed by atoms with Gasteiger partial charge in [-0.3, -0.25) is 0 Å². The molecule has 2 aromatic rings. The molecule has 1 aromatic carbocycles. The fourth-order valence-corrected chi connectivity index (χ4v) is 1.53.